The molecule has 15 heavy (non-hydrogen) atoms. The van der Waals surface area contributed by atoms with E-state index >= 15 is 0 Å². The Kier molecular flexibility index (Phi) is 3.34. The number of carbonyl (C=O) groups excluding carboxylic acids is 1. The molecular formula is C10H17N3OS. The van der Waals surface area contributed by atoms with Gasteiger partial charge in [0.05, 0.1) is 0 Å². The van der Waals surface area contributed by atoms with Crippen molar-refractivity contribution >= 4 is 18.1 Å². The Balaban J connectivity index is 2.72. The molecule has 0 aromatic carbocycles. The summed E-state index contributed by atoms with van der Waals surface area (Å²) in [7, 11) is 0. The van der Waals surface area contributed by atoms with Crippen LogP contribution in [-0.4, -0.2) is 21.0 Å². The maximum absolute atomic E-state index is 11.6. The van der Waals surface area contributed by atoms with Crippen LogP contribution in [0.3, 0.4) is 0 Å². The zero-order valence-corrected chi connectivity index (χ0v) is 10.4. The highest BCUT2D eigenvalue weighted by molar-refractivity contribution is 7.71. The minimum Gasteiger partial charge on any atom is -0.350 e. The number of imidazole rings is 1. The summed E-state index contributed by atoms with van der Waals surface area (Å²) < 4.78 is 2.35. The van der Waals surface area contributed by atoms with Crippen LogP contribution in [0.1, 0.15) is 26.5 Å². The van der Waals surface area contributed by atoms with Gasteiger partial charge in [-0.2, -0.15) is 0 Å². The van der Waals surface area contributed by atoms with Gasteiger partial charge in [0.2, 0.25) is 5.91 Å². The summed E-state index contributed by atoms with van der Waals surface area (Å²) in [6.45, 7) is 8.04. The molecule has 0 unspecified atom stereocenters. The fraction of sp³-hybridized carbons (Fsp3) is 0.600. The molecule has 0 bridgehead atoms. The molecule has 0 saturated heterocycles. The number of amides is 1. The van der Waals surface area contributed by atoms with E-state index in [0.29, 0.717) is 4.77 Å². The van der Waals surface area contributed by atoms with Gasteiger partial charge in [-0.25, -0.2) is 0 Å². The van der Waals surface area contributed by atoms with Crippen molar-refractivity contribution in [3.63, 3.8) is 0 Å². The lowest BCUT2D eigenvalue weighted by atomic mass is 10.1. The molecule has 0 aliphatic rings. The Hall–Kier alpha value is -1.10. The first-order valence-electron chi connectivity index (χ1n) is 4.85. The van der Waals surface area contributed by atoms with E-state index in [4.69, 9.17) is 12.2 Å². The lowest BCUT2D eigenvalue weighted by Crippen LogP contribution is -2.42. The van der Waals surface area contributed by atoms with E-state index in [0.717, 1.165) is 5.69 Å². The molecule has 0 radical (unpaired) electrons. The Morgan fingerprint density at radius 2 is 2.20 bits per heavy atom. The number of H-pyrrole nitrogens is 1. The van der Waals surface area contributed by atoms with Crippen molar-refractivity contribution < 1.29 is 4.79 Å². The van der Waals surface area contributed by atoms with Crippen LogP contribution >= 0.6 is 12.2 Å². The first-order chi connectivity index (χ1) is 6.79. The van der Waals surface area contributed by atoms with Gasteiger partial charge in [-0.3, -0.25) is 4.79 Å². The minimum absolute atomic E-state index is 0.0266. The molecule has 1 rings (SSSR count). The van der Waals surface area contributed by atoms with Gasteiger partial charge in [-0.1, -0.05) is 0 Å². The molecule has 1 aromatic rings. The number of carbonyl (C=O) groups is 1. The smallest absolute Gasteiger partial charge is 0.240 e. The number of hydrogen-bond acceptors (Lipinski definition) is 2. The van der Waals surface area contributed by atoms with Crippen LogP contribution in [-0.2, 0) is 11.3 Å². The third-order valence-corrected chi connectivity index (χ3v) is 2.23. The number of rotatable bonds is 2. The summed E-state index contributed by atoms with van der Waals surface area (Å²) in [5, 5.41) is 2.89. The fourth-order valence-corrected chi connectivity index (χ4v) is 1.55. The van der Waals surface area contributed by atoms with Crippen molar-refractivity contribution in [2.24, 2.45) is 0 Å². The minimum atomic E-state index is -0.205. The highest BCUT2D eigenvalue weighted by Crippen LogP contribution is 2.02. The zero-order valence-electron chi connectivity index (χ0n) is 9.55. The van der Waals surface area contributed by atoms with Crippen LogP contribution < -0.4 is 5.32 Å². The van der Waals surface area contributed by atoms with Crippen molar-refractivity contribution in [1.29, 1.82) is 0 Å². The van der Waals surface area contributed by atoms with E-state index in [1.54, 1.807) is 10.8 Å². The van der Waals surface area contributed by atoms with Crippen LogP contribution in [0.5, 0.6) is 0 Å². The molecule has 1 amide bonds. The quantitative estimate of drug-likeness (QED) is 0.756. The zero-order chi connectivity index (χ0) is 11.6. The summed E-state index contributed by atoms with van der Waals surface area (Å²) in [5.41, 5.74) is 0.757. The van der Waals surface area contributed by atoms with Crippen molar-refractivity contribution in [2.45, 2.75) is 39.8 Å². The average Bonchev–Trinajstić information content (AvgIpc) is 2.32. The van der Waals surface area contributed by atoms with Crippen molar-refractivity contribution in [1.82, 2.24) is 14.9 Å². The molecular weight excluding hydrogens is 210 g/mol. The highest BCUT2D eigenvalue weighted by atomic mass is 32.1. The molecule has 0 atom stereocenters. The molecule has 84 valence electrons. The van der Waals surface area contributed by atoms with E-state index < -0.39 is 0 Å². The van der Waals surface area contributed by atoms with E-state index in [-0.39, 0.29) is 18.0 Å². The predicted molar refractivity (Wildman–Crippen MR) is 62.2 cm³/mol. The molecule has 1 heterocycles. The molecule has 0 spiro atoms. The molecule has 4 nitrogen and oxygen atoms in total. The fourth-order valence-electron chi connectivity index (χ4n) is 1.28. The lowest BCUT2D eigenvalue weighted by Gasteiger charge is -2.20. The molecule has 5 heteroatoms. The summed E-state index contributed by atoms with van der Waals surface area (Å²) in [6.07, 6.45) is 1.80. The third-order valence-electron chi connectivity index (χ3n) is 1.89. The Bertz CT molecular complexity index is 411. The molecule has 0 saturated carbocycles. The van der Waals surface area contributed by atoms with Gasteiger partial charge in [0.15, 0.2) is 4.77 Å². The number of nitrogens with zero attached hydrogens (tertiary/aromatic N) is 1. The van der Waals surface area contributed by atoms with Crippen LogP contribution in [0.4, 0.5) is 0 Å². The van der Waals surface area contributed by atoms with Crippen LogP contribution in [0.25, 0.3) is 0 Å². The SMILES string of the molecule is Cc1c[nH]c(=S)n1CC(=O)NC(C)(C)C. The van der Waals surface area contributed by atoms with Gasteiger partial charge < -0.3 is 14.9 Å². The number of aryl methyl sites for hydroxylation is 1. The summed E-state index contributed by atoms with van der Waals surface area (Å²) in [4.78, 5) is 14.5. The highest BCUT2D eigenvalue weighted by Gasteiger charge is 2.14. The van der Waals surface area contributed by atoms with E-state index in [1.807, 2.05) is 27.7 Å². The van der Waals surface area contributed by atoms with Crippen LogP contribution in [0.15, 0.2) is 6.20 Å². The first-order valence-corrected chi connectivity index (χ1v) is 5.26. The largest absolute Gasteiger partial charge is 0.350 e. The Morgan fingerprint density at radius 1 is 1.60 bits per heavy atom. The predicted octanol–water partition coefficient (Wildman–Crippen LogP) is 1.77. The number of aromatic amines is 1. The van der Waals surface area contributed by atoms with Crippen molar-refractivity contribution in [3.05, 3.63) is 16.7 Å². The molecule has 0 aliphatic heterocycles. The molecule has 0 aliphatic carbocycles. The van der Waals surface area contributed by atoms with Crippen LogP contribution in [0, 0.1) is 11.7 Å². The molecule has 0 fully saturated rings. The molecule has 1 aromatic heterocycles. The normalized spacial score (nSPS) is 11.5. The van der Waals surface area contributed by atoms with Gasteiger partial charge in [0.25, 0.3) is 0 Å². The second-order valence-electron chi connectivity index (χ2n) is 4.62. The number of hydrogen-bond donors (Lipinski definition) is 2. The second-order valence-corrected chi connectivity index (χ2v) is 5.01. The van der Waals surface area contributed by atoms with E-state index in [2.05, 4.69) is 10.3 Å². The third kappa shape index (κ3) is 3.51. The second kappa shape index (κ2) is 4.18. The molecule has 2 N–H and O–H groups in total. The number of nitrogens with one attached hydrogen (secondary N) is 2. The number of aromatic nitrogens is 2. The Labute approximate surface area is 94.7 Å². The van der Waals surface area contributed by atoms with Gasteiger partial charge in [-0.15, -0.1) is 0 Å². The van der Waals surface area contributed by atoms with Gasteiger partial charge in [0, 0.05) is 17.4 Å². The van der Waals surface area contributed by atoms with E-state index in [1.165, 1.54) is 0 Å². The van der Waals surface area contributed by atoms with Gasteiger partial charge in [-0.05, 0) is 39.9 Å². The summed E-state index contributed by atoms with van der Waals surface area (Å²) in [6, 6.07) is 0. The lowest BCUT2D eigenvalue weighted by molar-refractivity contribution is -0.123. The average molecular weight is 227 g/mol. The van der Waals surface area contributed by atoms with Crippen molar-refractivity contribution in [2.75, 3.05) is 0 Å². The maximum Gasteiger partial charge on any atom is 0.240 e. The summed E-state index contributed by atoms with van der Waals surface area (Å²) in [5.74, 6) is -0.0266. The maximum atomic E-state index is 11.6. The summed E-state index contributed by atoms with van der Waals surface area (Å²) >= 11 is 5.06. The van der Waals surface area contributed by atoms with Gasteiger partial charge >= 0.3 is 0 Å². The first kappa shape index (κ1) is 12.0. The topological polar surface area (TPSA) is 49.8 Å². The monoisotopic (exact) mass is 227 g/mol. The van der Waals surface area contributed by atoms with Crippen molar-refractivity contribution in [3.8, 4) is 0 Å². The van der Waals surface area contributed by atoms with Crippen LogP contribution in [0.2, 0.25) is 0 Å². The standard InChI is InChI=1S/C10H17N3OS/c1-7-5-11-9(15)13(7)6-8(14)12-10(2,3)4/h5H,6H2,1-4H3,(H,11,15)(H,12,14). The Morgan fingerprint density at radius 3 is 2.60 bits per heavy atom. The van der Waals surface area contributed by atoms with Gasteiger partial charge in [0.1, 0.15) is 6.54 Å². The van der Waals surface area contributed by atoms with E-state index in [9.17, 15) is 4.79 Å².